The maximum Gasteiger partial charge on any atom is 0.139 e. The van der Waals surface area contributed by atoms with Gasteiger partial charge in [0, 0.05) is 24.8 Å². The largest absolute Gasteiger partial charge is 0.393 e. The Labute approximate surface area is 107 Å². The molecule has 2 saturated heterocycles. The van der Waals surface area contributed by atoms with Gasteiger partial charge in [-0.05, 0) is 37.3 Å². The van der Waals surface area contributed by atoms with Crippen molar-refractivity contribution in [3.8, 4) is 0 Å². The van der Waals surface area contributed by atoms with E-state index in [4.69, 9.17) is 5.84 Å². The van der Waals surface area contributed by atoms with Crippen molar-refractivity contribution in [3.63, 3.8) is 0 Å². The van der Waals surface area contributed by atoms with Crippen LogP contribution in [-0.4, -0.2) is 33.2 Å². The van der Waals surface area contributed by atoms with Gasteiger partial charge in [0.2, 0.25) is 0 Å². The molecule has 0 amide bonds. The molecule has 98 valence electrons. The number of aliphatic hydroxyl groups excluding tert-OH is 1. The minimum absolute atomic E-state index is 0.0966. The number of aliphatic hydroxyl groups is 1. The Morgan fingerprint density at radius 1 is 1.33 bits per heavy atom. The number of aromatic nitrogens is 1. The minimum atomic E-state index is -0.0966. The Morgan fingerprint density at radius 2 is 2.06 bits per heavy atom. The fourth-order valence-corrected chi connectivity index (χ4v) is 3.32. The van der Waals surface area contributed by atoms with Crippen LogP contribution >= 0.6 is 0 Å². The Bertz CT molecular complexity index is 394. The third-order valence-corrected chi connectivity index (χ3v) is 4.20. The molecule has 5 nitrogen and oxygen atoms in total. The second kappa shape index (κ2) is 4.84. The predicted molar refractivity (Wildman–Crippen MR) is 69.6 cm³/mol. The zero-order valence-electron chi connectivity index (χ0n) is 10.4. The van der Waals surface area contributed by atoms with Gasteiger partial charge in [0.25, 0.3) is 0 Å². The van der Waals surface area contributed by atoms with E-state index in [2.05, 4.69) is 21.4 Å². The highest BCUT2D eigenvalue weighted by molar-refractivity contribution is 5.33. The summed E-state index contributed by atoms with van der Waals surface area (Å²) in [5.74, 6) is 5.99. The number of piperidine rings is 1. The fraction of sp³-hybridized carbons (Fsp3) is 0.615. The zero-order chi connectivity index (χ0) is 12.5. The van der Waals surface area contributed by atoms with E-state index < -0.39 is 0 Å². The van der Waals surface area contributed by atoms with Gasteiger partial charge in [-0.15, -0.1) is 0 Å². The number of fused-ring (bicyclic) bond motifs is 2. The standard InChI is InChI=1S/C13H20N4O/c14-16-13-4-1-9(7-15-13)8-17-10-2-3-11(17)6-12(18)5-10/h1,4,7,10-12,18H,2-3,5-6,8,14H2,(H,15,16). The molecule has 5 heteroatoms. The number of pyridine rings is 1. The van der Waals surface area contributed by atoms with E-state index in [0.29, 0.717) is 17.9 Å². The molecule has 0 spiro atoms. The van der Waals surface area contributed by atoms with Gasteiger partial charge in [0.1, 0.15) is 5.82 Å². The van der Waals surface area contributed by atoms with Crippen LogP contribution in [0.2, 0.25) is 0 Å². The number of rotatable bonds is 3. The summed E-state index contributed by atoms with van der Waals surface area (Å²) in [4.78, 5) is 6.76. The van der Waals surface area contributed by atoms with Crippen LogP contribution in [0.1, 0.15) is 31.2 Å². The SMILES string of the molecule is NNc1ccc(CN2C3CCC2CC(O)C3)cn1. The van der Waals surface area contributed by atoms with Crippen LogP contribution in [-0.2, 0) is 6.54 Å². The highest BCUT2D eigenvalue weighted by atomic mass is 16.3. The average molecular weight is 248 g/mol. The van der Waals surface area contributed by atoms with Crippen LogP contribution in [0.25, 0.3) is 0 Å². The molecule has 2 fully saturated rings. The van der Waals surface area contributed by atoms with Crippen molar-refractivity contribution in [1.82, 2.24) is 9.88 Å². The molecule has 2 bridgehead atoms. The van der Waals surface area contributed by atoms with Gasteiger partial charge >= 0.3 is 0 Å². The first kappa shape index (κ1) is 11.9. The Kier molecular flexibility index (Phi) is 3.20. The number of hydrogen-bond acceptors (Lipinski definition) is 5. The lowest BCUT2D eigenvalue weighted by Crippen LogP contribution is -2.44. The van der Waals surface area contributed by atoms with Crippen LogP contribution in [0.15, 0.2) is 18.3 Å². The van der Waals surface area contributed by atoms with Crippen molar-refractivity contribution >= 4 is 5.82 Å². The second-order valence-electron chi connectivity index (χ2n) is 5.38. The van der Waals surface area contributed by atoms with E-state index in [9.17, 15) is 5.11 Å². The minimum Gasteiger partial charge on any atom is -0.393 e. The first-order chi connectivity index (χ1) is 8.76. The van der Waals surface area contributed by atoms with E-state index in [1.54, 1.807) is 0 Å². The second-order valence-corrected chi connectivity index (χ2v) is 5.38. The van der Waals surface area contributed by atoms with Gasteiger partial charge in [-0.3, -0.25) is 4.90 Å². The van der Waals surface area contributed by atoms with Crippen LogP contribution in [0, 0.1) is 0 Å². The number of hydrazine groups is 1. The number of nitrogens with two attached hydrogens (primary N) is 1. The van der Waals surface area contributed by atoms with Gasteiger partial charge in [-0.2, -0.15) is 0 Å². The molecule has 18 heavy (non-hydrogen) atoms. The molecule has 1 aromatic rings. The summed E-state index contributed by atoms with van der Waals surface area (Å²) in [7, 11) is 0. The van der Waals surface area contributed by atoms with Gasteiger partial charge in [-0.1, -0.05) is 6.07 Å². The van der Waals surface area contributed by atoms with Crippen LogP contribution in [0.5, 0.6) is 0 Å². The molecule has 2 unspecified atom stereocenters. The first-order valence-electron chi connectivity index (χ1n) is 6.61. The van der Waals surface area contributed by atoms with Gasteiger partial charge in [0.05, 0.1) is 6.10 Å². The number of nitrogen functional groups attached to an aromatic ring is 1. The molecule has 0 radical (unpaired) electrons. The van der Waals surface area contributed by atoms with E-state index in [-0.39, 0.29) is 6.10 Å². The molecule has 3 heterocycles. The molecule has 4 N–H and O–H groups in total. The van der Waals surface area contributed by atoms with Crippen LogP contribution in [0.4, 0.5) is 5.82 Å². The van der Waals surface area contributed by atoms with Crippen LogP contribution < -0.4 is 11.3 Å². The molecule has 0 saturated carbocycles. The fourth-order valence-electron chi connectivity index (χ4n) is 3.32. The van der Waals surface area contributed by atoms with Crippen molar-refractivity contribution in [2.45, 2.75) is 50.4 Å². The predicted octanol–water partition coefficient (Wildman–Crippen LogP) is 0.855. The van der Waals surface area contributed by atoms with E-state index in [0.717, 1.165) is 19.4 Å². The monoisotopic (exact) mass is 248 g/mol. The maximum absolute atomic E-state index is 9.78. The number of nitrogens with zero attached hydrogens (tertiary/aromatic N) is 2. The van der Waals surface area contributed by atoms with Crippen molar-refractivity contribution < 1.29 is 5.11 Å². The van der Waals surface area contributed by atoms with E-state index in [1.165, 1.54) is 18.4 Å². The number of anilines is 1. The van der Waals surface area contributed by atoms with Crippen molar-refractivity contribution in [3.05, 3.63) is 23.9 Å². The summed E-state index contributed by atoms with van der Waals surface area (Å²) in [6.45, 7) is 0.930. The molecular weight excluding hydrogens is 228 g/mol. The Morgan fingerprint density at radius 3 is 2.61 bits per heavy atom. The van der Waals surface area contributed by atoms with Crippen LogP contribution in [0.3, 0.4) is 0 Å². The molecule has 3 rings (SSSR count). The van der Waals surface area contributed by atoms with E-state index in [1.807, 2.05) is 12.3 Å². The summed E-state index contributed by atoms with van der Waals surface area (Å²) < 4.78 is 0. The van der Waals surface area contributed by atoms with E-state index >= 15 is 0 Å². The molecule has 2 aliphatic heterocycles. The smallest absolute Gasteiger partial charge is 0.139 e. The highest BCUT2D eigenvalue weighted by Crippen LogP contribution is 2.36. The number of hydrogen-bond donors (Lipinski definition) is 3. The van der Waals surface area contributed by atoms with Gasteiger partial charge in [0.15, 0.2) is 0 Å². The van der Waals surface area contributed by atoms with Crippen molar-refractivity contribution in [2.75, 3.05) is 5.43 Å². The van der Waals surface area contributed by atoms with Crippen molar-refractivity contribution in [1.29, 1.82) is 0 Å². The molecule has 2 atom stereocenters. The molecular formula is C13H20N4O. The summed E-state index contributed by atoms with van der Waals surface area (Å²) in [6.07, 6.45) is 6.06. The summed E-state index contributed by atoms with van der Waals surface area (Å²) in [5, 5.41) is 9.78. The lowest BCUT2D eigenvalue weighted by molar-refractivity contribution is 0.0310. The zero-order valence-corrected chi connectivity index (χ0v) is 10.4. The molecule has 0 aromatic carbocycles. The Hall–Kier alpha value is -1.17. The lowest BCUT2D eigenvalue weighted by atomic mass is 9.99. The normalized spacial score (nSPS) is 31.6. The van der Waals surface area contributed by atoms with Crippen molar-refractivity contribution in [2.24, 2.45) is 5.84 Å². The summed E-state index contributed by atoms with van der Waals surface area (Å²) >= 11 is 0. The topological polar surface area (TPSA) is 74.4 Å². The number of nitrogens with one attached hydrogen (secondary N) is 1. The van der Waals surface area contributed by atoms with Gasteiger partial charge in [-0.25, -0.2) is 10.8 Å². The lowest BCUT2D eigenvalue weighted by Gasteiger charge is -2.37. The molecule has 0 aliphatic carbocycles. The third-order valence-electron chi connectivity index (χ3n) is 4.20. The quantitative estimate of drug-likeness (QED) is 0.546. The maximum atomic E-state index is 9.78. The summed E-state index contributed by atoms with van der Waals surface area (Å²) in [6, 6.07) is 5.06. The third kappa shape index (κ3) is 2.21. The molecule has 2 aliphatic rings. The van der Waals surface area contributed by atoms with Gasteiger partial charge < -0.3 is 10.5 Å². The highest BCUT2D eigenvalue weighted by Gasteiger charge is 2.39. The summed E-state index contributed by atoms with van der Waals surface area (Å²) in [5.41, 5.74) is 3.75. The Balaban J connectivity index is 1.69. The molecule has 1 aromatic heterocycles. The first-order valence-corrected chi connectivity index (χ1v) is 6.61. The average Bonchev–Trinajstić information content (AvgIpc) is 2.62.